The van der Waals surface area contributed by atoms with Gasteiger partial charge in [0.05, 0.1) is 0 Å². The molecule has 0 fully saturated rings. The first-order valence-corrected chi connectivity index (χ1v) is 24.8. The van der Waals surface area contributed by atoms with E-state index in [4.69, 9.17) is 15.0 Å². The molecule has 2 aliphatic heterocycles. The molecule has 0 radical (unpaired) electrons. The molecule has 0 amide bonds. The lowest BCUT2D eigenvalue weighted by molar-refractivity contribution is 1.08. The Bertz CT molecular complexity index is 2760. The van der Waals surface area contributed by atoms with Crippen LogP contribution in [0, 0.1) is 0 Å². The van der Waals surface area contributed by atoms with Gasteiger partial charge in [0, 0.05) is 16.7 Å². The summed E-state index contributed by atoms with van der Waals surface area (Å²) in [4.78, 5) is 15.8. The minimum atomic E-state index is -2.16. The molecule has 7 aromatic carbocycles. The van der Waals surface area contributed by atoms with Crippen molar-refractivity contribution in [3.8, 4) is 78.7 Å². The third-order valence-corrected chi connectivity index (χ3v) is 18.8. The van der Waals surface area contributed by atoms with Gasteiger partial charge in [0.15, 0.2) is 17.5 Å². The molecule has 5 heteroatoms. The fourth-order valence-electron chi connectivity index (χ4n) is 9.00. The molecule has 0 bridgehead atoms. The maximum atomic E-state index is 5.37. The molecule has 10 rings (SSSR count). The first kappa shape index (κ1) is 32.6. The van der Waals surface area contributed by atoms with Crippen LogP contribution in [-0.2, 0) is 0 Å². The van der Waals surface area contributed by atoms with Crippen molar-refractivity contribution >= 4 is 36.9 Å². The number of hydrogen-bond donors (Lipinski definition) is 0. The number of aromatic nitrogens is 3. The van der Waals surface area contributed by atoms with Crippen LogP contribution < -0.4 is 20.7 Å². The summed E-state index contributed by atoms with van der Waals surface area (Å²) in [5.41, 5.74) is 13.5. The summed E-state index contributed by atoms with van der Waals surface area (Å²) in [5, 5.41) is 5.77. The molecule has 1 aromatic heterocycles. The smallest absolute Gasteiger partial charge is 0.164 e. The molecule has 3 heterocycles. The molecular weight excluding hydrogens is 687 g/mol. The molecule has 0 unspecified atom stereocenters. The maximum Gasteiger partial charge on any atom is 0.164 e. The summed E-state index contributed by atoms with van der Waals surface area (Å²) in [6.07, 6.45) is 0. The van der Waals surface area contributed by atoms with Crippen LogP contribution >= 0.6 is 0 Å². The van der Waals surface area contributed by atoms with Crippen LogP contribution in [-0.4, -0.2) is 31.1 Å². The van der Waals surface area contributed by atoms with Gasteiger partial charge in [-0.25, -0.2) is 15.0 Å². The van der Waals surface area contributed by atoms with Crippen molar-refractivity contribution in [1.29, 1.82) is 0 Å². The Morgan fingerprint density at radius 2 is 0.833 bits per heavy atom. The van der Waals surface area contributed by atoms with Crippen molar-refractivity contribution in [2.75, 3.05) is 0 Å². The highest BCUT2D eigenvalue weighted by Crippen LogP contribution is 2.39. The lowest BCUT2D eigenvalue weighted by atomic mass is 9.94. The van der Waals surface area contributed by atoms with E-state index in [1.165, 1.54) is 65.3 Å². The Labute approximate surface area is 319 Å². The largest absolute Gasteiger partial charge is 0.208 e. The van der Waals surface area contributed by atoms with Gasteiger partial charge >= 0.3 is 0 Å². The number of benzene rings is 7. The molecule has 54 heavy (non-hydrogen) atoms. The van der Waals surface area contributed by atoms with Gasteiger partial charge < -0.3 is 0 Å². The summed E-state index contributed by atoms with van der Waals surface area (Å²) < 4.78 is 0. The minimum absolute atomic E-state index is 0.696. The quantitative estimate of drug-likeness (QED) is 0.166. The maximum absolute atomic E-state index is 5.37. The second-order valence-electron chi connectivity index (χ2n) is 15.6. The predicted octanol–water partition coefficient (Wildman–Crippen LogP) is 9.81. The van der Waals surface area contributed by atoms with Crippen molar-refractivity contribution in [2.24, 2.45) is 0 Å². The summed E-state index contributed by atoms with van der Waals surface area (Å²) in [6, 6.07) is 59.4. The van der Waals surface area contributed by atoms with Crippen LogP contribution in [0.2, 0.25) is 26.2 Å². The normalized spacial score (nSPS) is 14.2. The Morgan fingerprint density at radius 1 is 0.315 bits per heavy atom. The molecule has 0 spiro atoms. The van der Waals surface area contributed by atoms with Crippen LogP contribution in [0.3, 0.4) is 0 Å². The molecule has 0 saturated carbocycles. The predicted molar refractivity (Wildman–Crippen MR) is 231 cm³/mol. The Hall–Kier alpha value is -6.02. The van der Waals surface area contributed by atoms with Gasteiger partial charge in [0.1, 0.15) is 16.1 Å². The van der Waals surface area contributed by atoms with Gasteiger partial charge in [-0.15, -0.1) is 0 Å². The van der Waals surface area contributed by atoms with E-state index >= 15 is 0 Å². The summed E-state index contributed by atoms with van der Waals surface area (Å²) in [7, 11) is -4.19. The highest BCUT2D eigenvalue weighted by atomic mass is 28.3. The van der Waals surface area contributed by atoms with E-state index in [0.29, 0.717) is 11.6 Å². The summed E-state index contributed by atoms with van der Waals surface area (Å²) in [5.74, 6) is 2.14. The minimum Gasteiger partial charge on any atom is -0.208 e. The molecule has 2 aliphatic rings. The van der Waals surface area contributed by atoms with E-state index in [-0.39, 0.29) is 0 Å². The van der Waals surface area contributed by atoms with Crippen LogP contribution in [0.25, 0.3) is 78.7 Å². The number of hydrogen-bond acceptors (Lipinski definition) is 3. The van der Waals surface area contributed by atoms with E-state index in [1.807, 2.05) is 6.07 Å². The topological polar surface area (TPSA) is 38.7 Å². The van der Waals surface area contributed by atoms with Crippen LogP contribution in [0.15, 0.2) is 164 Å². The Kier molecular flexibility index (Phi) is 7.41. The molecule has 3 nitrogen and oxygen atoms in total. The summed E-state index contributed by atoms with van der Waals surface area (Å²) in [6.45, 7) is 9.91. The number of rotatable bonds is 5. The highest BCUT2D eigenvalue weighted by Gasteiger charge is 2.41. The Balaban J connectivity index is 1.14. The van der Waals surface area contributed by atoms with Crippen LogP contribution in [0.5, 0.6) is 0 Å². The second-order valence-corrected chi connectivity index (χ2v) is 24.2. The number of fused-ring (bicyclic) bond motifs is 6. The average Bonchev–Trinajstić information content (AvgIpc) is 3.60. The van der Waals surface area contributed by atoms with Crippen molar-refractivity contribution < 1.29 is 0 Å². The standard InChI is InChI=1S/C49H39N3Si2/c1-53(2)42-25-15-22-37(33-18-10-6-11-19-33)45(42)40-29-27-36(31-44(40)53)48-50-47(34-20-12-7-13-21-34)51-49(52-48)41-24-14-23-39-38-28-26-35(32-16-8-5-9-17-32)30-43(38)54(3,4)46(39)41/h5-31H,1-4H3. The molecule has 0 saturated heterocycles. The van der Waals surface area contributed by atoms with Crippen molar-refractivity contribution in [2.45, 2.75) is 26.2 Å². The highest BCUT2D eigenvalue weighted by molar-refractivity contribution is 7.05. The molecule has 0 aliphatic carbocycles. The SMILES string of the molecule is C[Si]1(C)c2cc(-c3nc(-c4ccccc4)nc(-c4cccc5c4[Si](C)(C)c4cc(-c6ccccc6)ccc4-5)n3)ccc2-c2c(-c3ccccc3)cccc21. The molecule has 0 N–H and O–H groups in total. The third kappa shape index (κ3) is 5.03. The van der Waals surface area contributed by atoms with Gasteiger partial charge in [0.2, 0.25) is 0 Å². The van der Waals surface area contributed by atoms with E-state index in [0.717, 1.165) is 22.5 Å². The van der Waals surface area contributed by atoms with Gasteiger partial charge in [-0.2, -0.15) is 0 Å². The van der Waals surface area contributed by atoms with E-state index < -0.39 is 16.1 Å². The first-order chi connectivity index (χ1) is 26.3. The first-order valence-electron chi connectivity index (χ1n) is 18.8. The third-order valence-electron chi connectivity index (χ3n) is 11.7. The lowest BCUT2D eigenvalue weighted by Crippen LogP contribution is -2.50. The van der Waals surface area contributed by atoms with Crippen molar-refractivity contribution in [1.82, 2.24) is 15.0 Å². The van der Waals surface area contributed by atoms with E-state index in [9.17, 15) is 0 Å². The summed E-state index contributed by atoms with van der Waals surface area (Å²) >= 11 is 0. The molecule has 8 aromatic rings. The van der Waals surface area contributed by atoms with Gasteiger partial charge in [-0.3, -0.25) is 0 Å². The van der Waals surface area contributed by atoms with Crippen LogP contribution in [0.4, 0.5) is 0 Å². The molecular formula is C49H39N3Si2. The zero-order chi connectivity index (χ0) is 36.6. The van der Waals surface area contributed by atoms with Crippen LogP contribution in [0.1, 0.15) is 0 Å². The molecule has 0 atom stereocenters. The van der Waals surface area contributed by atoms with Crippen molar-refractivity contribution in [3.63, 3.8) is 0 Å². The zero-order valence-electron chi connectivity index (χ0n) is 30.9. The monoisotopic (exact) mass is 725 g/mol. The average molecular weight is 726 g/mol. The second kappa shape index (κ2) is 12.3. The lowest BCUT2D eigenvalue weighted by Gasteiger charge is -2.22. The van der Waals surface area contributed by atoms with Gasteiger partial charge in [-0.05, 0) is 65.3 Å². The number of nitrogens with zero attached hydrogens (tertiary/aromatic N) is 3. The zero-order valence-corrected chi connectivity index (χ0v) is 32.9. The Morgan fingerprint density at radius 3 is 1.56 bits per heavy atom. The van der Waals surface area contributed by atoms with Gasteiger partial charge in [-0.1, -0.05) is 190 Å². The fourth-order valence-corrected chi connectivity index (χ4v) is 15.5. The van der Waals surface area contributed by atoms with E-state index in [1.54, 1.807) is 0 Å². The fraction of sp³-hybridized carbons (Fsp3) is 0.0816. The molecule has 258 valence electrons. The van der Waals surface area contributed by atoms with Gasteiger partial charge in [0.25, 0.3) is 0 Å². The van der Waals surface area contributed by atoms with Crippen molar-refractivity contribution in [3.05, 3.63) is 164 Å². The van der Waals surface area contributed by atoms with E-state index in [2.05, 4.69) is 184 Å².